The molecule has 2 nitrogen and oxygen atoms in total. The molecule has 2 fully saturated rings. The Hall–Kier alpha value is -0.0800. The minimum atomic E-state index is 0.483. The smallest absolute Gasteiger partial charge is 0.0246 e. The van der Waals surface area contributed by atoms with Crippen LogP contribution in [0.15, 0.2) is 0 Å². The lowest BCUT2D eigenvalue weighted by molar-refractivity contribution is 0.0537. The molecule has 118 valence electrons. The molecule has 2 heteroatoms. The van der Waals surface area contributed by atoms with Crippen molar-refractivity contribution >= 4 is 0 Å². The molecule has 4 atom stereocenters. The molecule has 1 saturated heterocycles. The third-order valence-electron chi connectivity index (χ3n) is 6.03. The van der Waals surface area contributed by atoms with Gasteiger partial charge in [0.25, 0.3) is 0 Å². The Morgan fingerprint density at radius 2 is 1.75 bits per heavy atom. The lowest BCUT2D eigenvalue weighted by atomic mass is 9.76. The quantitative estimate of drug-likeness (QED) is 0.774. The lowest BCUT2D eigenvalue weighted by Gasteiger charge is -2.44. The van der Waals surface area contributed by atoms with E-state index in [9.17, 15) is 0 Å². The molecule has 1 aliphatic carbocycles. The van der Waals surface area contributed by atoms with E-state index in [2.05, 4.69) is 32.6 Å². The summed E-state index contributed by atoms with van der Waals surface area (Å²) >= 11 is 0. The van der Waals surface area contributed by atoms with Gasteiger partial charge in [0, 0.05) is 18.6 Å². The maximum Gasteiger partial charge on any atom is 0.0246 e. The number of rotatable bonds is 2. The Labute approximate surface area is 126 Å². The summed E-state index contributed by atoms with van der Waals surface area (Å²) in [6.07, 6.45) is 9.79. The first-order valence-corrected chi connectivity index (χ1v) is 8.89. The molecule has 0 aromatic rings. The summed E-state index contributed by atoms with van der Waals surface area (Å²) in [5.41, 5.74) is 6.57. The summed E-state index contributed by atoms with van der Waals surface area (Å²) in [7, 11) is 0. The summed E-state index contributed by atoms with van der Waals surface area (Å²) in [4.78, 5) is 2.79. The van der Waals surface area contributed by atoms with Gasteiger partial charge in [0.05, 0.1) is 0 Å². The van der Waals surface area contributed by atoms with Crippen LogP contribution in [0.3, 0.4) is 0 Å². The number of hydrogen-bond acceptors (Lipinski definition) is 2. The van der Waals surface area contributed by atoms with Crippen molar-refractivity contribution in [2.24, 2.45) is 23.0 Å². The highest BCUT2D eigenvalue weighted by atomic mass is 15.2. The monoisotopic (exact) mass is 280 g/mol. The maximum absolute atomic E-state index is 6.08. The average Bonchev–Trinajstić information content (AvgIpc) is 2.63. The van der Waals surface area contributed by atoms with Crippen LogP contribution in [-0.4, -0.2) is 30.1 Å². The molecule has 2 N–H and O–H groups in total. The van der Waals surface area contributed by atoms with Gasteiger partial charge in [-0.3, -0.25) is 4.90 Å². The summed E-state index contributed by atoms with van der Waals surface area (Å²) in [6.45, 7) is 11.8. The van der Waals surface area contributed by atoms with Gasteiger partial charge in [-0.2, -0.15) is 0 Å². The summed E-state index contributed by atoms with van der Waals surface area (Å²) < 4.78 is 0. The van der Waals surface area contributed by atoms with E-state index in [-0.39, 0.29) is 0 Å². The third-order valence-corrected chi connectivity index (χ3v) is 6.03. The largest absolute Gasteiger partial charge is 0.329 e. The Morgan fingerprint density at radius 1 is 1.00 bits per heavy atom. The summed E-state index contributed by atoms with van der Waals surface area (Å²) in [6, 6.07) is 1.44. The Kier molecular flexibility index (Phi) is 5.53. The Morgan fingerprint density at radius 3 is 2.40 bits per heavy atom. The van der Waals surface area contributed by atoms with Crippen molar-refractivity contribution in [3.8, 4) is 0 Å². The zero-order valence-electron chi connectivity index (χ0n) is 14.2. The zero-order valence-corrected chi connectivity index (χ0v) is 14.2. The molecule has 0 aromatic carbocycles. The third kappa shape index (κ3) is 3.76. The van der Waals surface area contributed by atoms with Gasteiger partial charge in [-0.15, -0.1) is 0 Å². The highest BCUT2D eigenvalue weighted by molar-refractivity contribution is 4.89. The zero-order chi connectivity index (χ0) is 14.8. The molecule has 0 amide bonds. The van der Waals surface area contributed by atoms with Crippen molar-refractivity contribution in [3.05, 3.63) is 0 Å². The molecular formula is C18H36N2. The molecule has 4 unspecified atom stereocenters. The standard InChI is InChI=1S/C18H36N2/c1-14-7-6-12-20(17(14)13-19)16-9-5-8-15(10-11-16)18(2,3)4/h14-17H,5-13,19H2,1-4H3. The summed E-state index contributed by atoms with van der Waals surface area (Å²) in [5, 5.41) is 0. The van der Waals surface area contributed by atoms with E-state index < -0.39 is 0 Å². The molecule has 2 aliphatic rings. The van der Waals surface area contributed by atoms with E-state index in [1.165, 1.54) is 51.5 Å². The van der Waals surface area contributed by atoms with Crippen LogP contribution in [0.2, 0.25) is 0 Å². The number of hydrogen-bond donors (Lipinski definition) is 1. The van der Waals surface area contributed by atoms with Crippen molar-refractivity contribution in [1.29, 1.82) is 0 Å². The van der Waals surface area contributed by atoms with Crippen molar-refractivity contribution in [2.45, 2.75) is 84.7 Å². The molecular weight excluding hydrogens is 244 g/mol. The van der Waals surface area contributed by atoms with Gasteiger partial charge < -0.3 is 5.73 Å². The van der Waals surface area contributed by atoms with Gasteiger partial charge in [0.15, 0.2) is 0 Å². The Bertz CT molecular complexity index is 294. The van der Waals surface area contributed by atoms with Gasteiger partial charge in [-0.05, 0) is 62.3 Å². The van der Waals surface area contributed by atoms with E-state index in [4.69, 9.17) is 5.73 Å². The fraction of sp³-hybridized carbons (Fsp3) is 1.00. The van der Waals surface area contributed by atoms with Crippen LogP contribution in [0.25, 0.3) is 0 Å². The van der Waals surface area contributed by atoms with E-state index in [0.717, 1.165) is 24.4 Å². The number of piperidine rings is 1. The van der Waals surface area contributed by atoms with Crippen molar-refractivity contribution in [1.82, 2.24) is 4.90 Å². The van der Waals surface area contributed by atoms with Crippen LogP contribution < -0.4 is 5.73 Å². The molecule has 0 bridgehead atoms. The predicted octanol–water partition coefficient (Wildman–Crippen LogP) is 4.04. The van der Waals surface area contributed by atoms with Crippen LogP contribution in [-0.2, 0) is 0 Å². The fourth-order valence-electron chi connectivity index (χ4n) is 4.58. The topological polar surface area (TPSA) is 29.3 Å². The minimum Gasteiger partial charge on any atom is -0.329 e. The SMILES string of the molecule is CC1CCCN(C2CCCC(C(C)(C)C)CC2)C1CN. The second-order valence-electron chi connectivity index (χ2n) is 8.39. The highest BCUT2D eigenvalue weighted by Gasteiger charge is 2.35. The maximum atomic E-state index is 6.08. The lowest BCUT2D eigenvalue weighted by Crippen LogP contribution is -2.53. The van der Waals surface area contributed by atoms with Gasteiger partial charge in [-0.1, -0.05) is 34.1 Å². The normalized spacial score (nSPS) is 37.6. The van der Waals surface area contributed by atoms with Crippen LogP contribution in [0.4, 0.5) is 0 Å². The van der Waals surface area contributed by atoms with Gasteiger partial charge in [-0.25, -0.2) is 0 Å². The number of nitrogens with two attached hydrogens (primary N) is 1. The summed E-state index contributed by atoms with van der Waals surface area (Å²) in [5.74, 6) is 1.70. The molecule has 1 aliphatic heterocycles. The van der Waals surface area contributed by atoms with E-state index in [1.54, 1.807) is 0 Å². The Balaban J connectivity index is 1.98. The van der Waals surface area contributed by atoms with E-state index >= 15 is 0 Å². The second kappa shape index (κ2) is 6.79. The first-order valence-electron chi connectivity index (χ1n) is 8.89. The number of likely N-dealkylation sites (tertiary alicyclic amines) is 1. The van der Waals surface area contributed by atoms with Crippen LogP contribution in [0.5, 0.6) is 0 Å². The highest BCUT2D eigenvalue weighted by Crippen LogP contribution is 2.39. The first kappa shape index (κ1) is 16.3. The molecule has 1 saturated carbocycles. The van der Waals surface area contributed by atoms with E-state index in [1.807, 2.05) is 0 Å². The average molecular weight is 280 g/mol. The second-order valence-corrected chi connectivity index (χ2v) is 8.39. The van der Waals surface area contributed by atoms with Gasteiger partial charge >= 0.3 is 0 Å². The fourth-order valence-corrected chi connectivity index (χ4v) is 4.58. The molecule has 1 heterocycles. The van der Waals surface area contributed by atoms with Crippen LogP contribution >= 0.6 is 0 Å². The van der Waals surface area contributed by atoms with Crippen molar-refractivity contribution in [3.63, 3.8) is 0 Å². The van der Waals surface area contributed by atoms with Crippen LogP contribution in [0.1, 0.15) is 72.6 Å². The molecule has 0 aromatic heterocycles. The number of nitrogens with zero attached hydrogens (tertiary/aromatic N) is 1. The van der Waals surface area contributed by atoms with Gasteiger partial charge in [0.1, 0.15) is 0 Å². The molecule has 20 heavy (non-hydrogen) atoms. The van der Waals surface area contributed by atoms with Crippen molar-refractivity contribution < 1.29 is 0 Å². The minimum absolute atomic E-state index is 0.483. The molecule has 0 radical (unpaired) electrons. The first-order chi connectivity index (χ1) is 9.43. The van der Waals surface area contributed by atoms with Gasteiger partial charge in [0.2, 0.25) is 0 Å². The van der Waals surface area contributed by atoms with Crippen LogP contribution in [0, 0.1) is 17.3 Å². The van der Waals surface area contributed by atoms with Crippen molar-refractivity contribution in [2.75, 3.05) is 13.1 Å². The van der Waals surface area contributed by atoms with E-state index in [0.29, 0.717) is 11.5 Å². The molecule has 0 spiro atoms. The molecule has 2 rings (SSSR count). The predicted molar refractivity (Wildman–Crippen MR) is 87.8 cm³/mol.